The van der Waals surface area contributed by atoms with Crippen LogP contribution in [0.2, 0.25) is 0 Å². The fourth-order valence-corrected chi connectivity index (χ4v) is 2.73. The molecule has 1 heterocycles. The Bertz CT molecular complexity index is 652. The molecule has 1 saturated heterocycles. The van der Waals surface area contributed by atoms with Gasteiger partial charge in [-0.3, -0.25) is 0 Å². The highest BCUT2D eigenvalue weighted by Gasteiger charge is 2.51. The van der Waals surface area contributed by atoms with Gasteiger partial charge in [-0.1, -0.05) is 42.5 Å². The SMILES string of the molecule is CC1(C)OB(c2ccc(NCCc3ccccc3)cc2)OC1(C)C. The van der Waals surface area contributed by atoms with Crippen molar-refractivity contribution in [2.24, 2.45) is 0 Å². The van der Waals surface area contributed by atoms with Crippen LogP contribution < -0.4 is 10.8 Å². The zero-order valence-corrected chi connectivity index (χ0v) is 15.0. The van der Waals surface area contributed by atoms with Gasteiger partial charge in [0.1, 0.15) is 0 Å². The van der Waals surface area contributed by atoms with E-state index in [0.29, 0.717) is 0 Å². The molecule has 3 nitrogen and oxygen atoms in total. The molecule has 0 radical (unpaired) electrons. The average molecular weight is 323 g/mol. The maximum absolute atomic E-state index is 6.09. The van der Waals surface area contributed by atoms with Crippen LogP contribution in [0.15, 0.2) is 54.6 Å². The molecule has 0 amide bonds. The van der Waals surface area contributed by atoms with E-state index in [1.54, 1.807) is 0 Å². The van der Waals surface area contributed by atoms with Crippen molar-refractivity contribution in [3.05, 3.63) is 60.2 Å². The maximum atomic E-state index is 6.09. The van der Waals surface area contributed by atoms with Crippen molar-refractivity contribution in [2.45, 2.75) is 45.3 Å². The van der Waals surface area contributed by atoms with Crippen molar-refractivity contribution < 1.29 is 9.31 Å². The van der Waals surface area contributed by atoms with Gasteiger partial charge in [0.15, 0.2) is 0 Å². The predicted molar refractivity (Wildman–Crippen MR) is 101 cm³/mol. The Kier molecular flexibility index (Phi) is 4.70. The van der Waals surface area contributed by atoms with Gasteiger partial charge < -0.3 is 14.6 Å². The number of nitrogens with one attached hydrogen (secondary N) is 1. The van der Waals surface area contributed by atoms with E-state index in [9.17, 15) is 0 Å². The van der Waals surface area contributed by atoms with Gasteiger partial charge in [0.25, 0.3) is 0 Å². The van der Waals surface area contributed by atoms with Gasteiger partial charge in [-0.25, -0.2) is 0 Å². The minimum atomic E-state index is -0.301. The number of hydrogen-bond acceptors (Lipinski definition) is 3. The first-order valence-corrected chi connectivity index (χ1v) is 8.61. The Morgan fingerprint density at radius 2 is 1.42 bits per heavy atom. The van der Waals surface area contributed by atoms with Crippen LogP contribution in [0.25, 0.3) is 0 Å². The van der Waals surface area contributed by atoms with E-state index in [1.165, 1.54) is 5.56 Å². The first-order valence-electron chi connectivity index (χ1n) is 8.61. The third-order valence-corrected chi connectivity index (χ3v) is 5.02. The molecule has 4 heteroatoms. The smallest absolute Gasteiger partial charge is 0.399 e. The van der Waals surface area contributed by atoms with Crippen LogP contribution in [-0.4, -0.2) is 24.9 Å². The third-order valence-electron chi connectivity index (χ3n) is 5.02. The lowest BCUT2D eigenvalue weighted by atomic mass is 9.79. The molecular weight excluding hydrogens is 297 g/mol. The van der Waals surface area contributed by atoms with Crippen LogP contribution in [0.3, 0.4) is 0 Å². The quantitative estimate of drug-likeness (QED) is 0.852. The van der Waals surface area contributed by atoms with Crippen LogP contribution in [0.1, 0.15) is 33.3 Å². The van der Waals surface area contributed by atoms with E-state index < -0.39 is 0 Å². The van der Waals surface area contributed by atoms with Crippen molar-refractivity contribution in [3.8, 4) is 0 Å². The maximum Gasteiger partial charge on any atom is 0.494 e. The molecule has 0 saturated carbocycles. The van der Waals surface area contributed by atoms with Gasteiger partial charge in [0.05, 0.1) is 11.2 Å². The van der Waals surface area contributed by atoms with Crippen LogP contribution in [0.5, 0.6) is 0 Å². The zero-order valence-electron chi connectivity index (χ0n) is 15.0. The second-order valence-corrected chi connectivity index (χ2v) is 7.37. The molecule has 1 fully saturated rings. The highest BCUT2D eigenvalue weighted by Crippen LogP contribution is 2.36. The Balaban J connectivity index is 1.56. The highest BCUT2D eigenvalue weighted by molar-refractivity contribution is 6.62. The Morgan fingerprint density at radius 3 is 2.00 bits per heavy atom. The van der Waals surface area contributed by atoms with E-state index in [0.717, 1.165) is 24.1 Å². The Morgan fingerprint density at radius 1 is 0.833 bits per heavy atom. The lowest BCUT2D eigenvalue weighted by Crippen LogP contribution is -2.41. The summed E-state index contributed by atoms with van der Waals surface area (Å²) in [6.45, 7) is 9.22. The summed E-state index contributed by atoms with van der Waals surface area (Å²) in [4.78, 5) is 0. The van der Waals surface area contributed by atoms with E-state index in [2.05, 4.69) is 81.5 Å². The summed E-state index contributed by atoms with van der Waals surface area (Å²) >= 11 is 0. The van der Waals surface area contributed by atoms with Crippen molar-refractivity contribution in [1.82, 2.24) is 0 Å². The van der Waals surface area contributed by atoms with Gasteiger partial charge in [-0.2, -0.15) is 0 Å². The zero-order chi connectivity index (χ0) is 17.2. The summed E-state index contributed by atoms with van der Waals surface area (Å²) in [5.41, 5.74) is 2.92. The van der Waals surface area contributed by atoms with Gasteiger partial charge in [-0.05, 0) is 57.3 Å². The number of rotatable bonds is 5. The minimum absolute atomic E-state index is 0.298. The number of benzene rings is 2. The molecule has 2 aromatic carbocycles. The van der Waals surface area contributed by atoms with Crippen molar-refractivity contribution in [1.29, 1.82) is 0 Å². The van der Waals surface area contributed by atoms with Gasteiger partial charge in [0.2, 0.25) is 0 Å². The second kappa shape index (κ2) is 6.62. The van der Waals surface area contributed by atoms with Crippen molar-refractivity contribution >= 4 is 18.3 Å². The lowest BCUT2D eigenvalue weighted by Gasteiger charge is -2.32. The summed E-state index contributed by atoms with van der Waals surface area (Å²) in [5.74, 6) is 0. The molecule has 24 heavy (non-hydrogen) atoms. The first kappa shape index (κ1) is 17.1. The van der Waals surface area contributed by atoms with Gasteiger partial charge in [-0.15, -0.1) is 0 Å². The fraction of sp³-hybridized carbons (Fsp3) is 0.400. The standard InChI is InChI=1S/C20H26BNO2/c1-19(2)20(3,4)24-21(23-19)17-10-12-18(13-11-17)22-15-14-16-8-6-5-7-9-16/h5-13,22H,14-15H2,1-4H3. The molecule has 3 rings (SSSR count). The molecular formula is C20H26BNO2. The normalized spacial score (nSPS) is 18.6. The summed E-state index contributed by atoms with van der Waals surface area (Å²) in [5, 5.41) is 3.46. The lowest BCUT2D eigenvalue weighted by molar-refractivity contribution is 0.00578. The predicted octanol–water partition coefficient (Wildman–Crippen LogP) is 3.64. The van der Waals surface area contributed by atoms with Gasteiger partial charge >= 0.3 is 7.12 Å². The molecule has 1 aliphatic heterocycles. The van der Waals surface area contributed by atoms with Crippen LogP contribution >= 0.6 is 0 Å². The van der Waals surface area contributed by atoms with Crippen molar-refractivity contribution in [2.75, 3.05) is 11.9 Å². The Hall–Kier alpha value is -1.78. The van der Waals surface area contributed by atoms with E-state index in [4.69, 9.17) is 9.31 Å². The summed E-state index contributed by atoms with van der Waals surface area (Å²) in [7, 11) is -0.298. The number of hydrogen-bond donors (Lipinski definition) is 1. The molecule has 126 valence electrons. The third kappa shape index (κ3) is 3.65. The molecule has 1 N–H and O–H groups in total. The molecule has 1 aliphatic rings. The topological polar surface area (TPSA) is 30.5 Å². The monoisotopic (exact) mass is 323 g/mol. The molecule has 0 bridgehead atoms. The van der Waals surface area contributed by atoms with Crippen LogP contribution in [-0.2, 0) is 15.7 Å². The molecule has 0 spiro atoms. The molecule has 0 unspecified atom stereocenters. The van der Waals surface area contributed by atoms with E-state index in [-0.39, 0.29) is 18.3 Å². The minimum Gasteiger partial charge on any atom is -0.399 e. The van der Waals surface area contributed by atoms with Crippen LogP contribution in [0.4, 0.5) is 5.69 Å². The first-order chi connectivity index (χ1) is 11.4. The molecule has 0 aromatic heterocycles. The second-order valence-electron chi connectivity index (χ2n) is 7.37. The van der Waals surface area contributed by atoms with Crippen LogP contribution in [0, 0.1) is 0 Å². The largest absolute Gasteiger partial charge is 0.494 e. The van der Waals surface area contributed by atoms with Crippen molar-refractivity contribution in [3.63, 3.8) is 0 Å². The fourth-order valence-electron chi connectivity index (χ4n) is 2.73. The molecule has 2 aromatic rings. The van der Waals surface area contributed by atoms with E-state index in [1.807, 2.05) is 6.07 Å². The molecule has 0 atom stereocenters. The number of anilines is 1. The van der Waals surface area contributed by atoms with Gasteiger partial charge in [0, 0.05) is 12.2 Å². The average Bonchev–Trinajstić information content (AvgIpc) is 2.77. The summed E-state index contributed by atoms with van der Waals surface area (Å²) in [6.07, 6.45) is 1.01. The van der Waals surface area contributed by atoms with E-state index >= 15 is 0 Å². The summed E-state index contributed by atoms with van der Waals surface area (Å²) < 4.78 is 12.2. The molecule has 0 aliphatic carbocycles. The Labute approximate surface area is 145 Å². The summed E-state index contributed by atoms with van der Waals surface area (Å²) in [6, 6.07) is 18.8. The highest BCUT2D eigenvalue weighted by atomic mass is 16.7.